The first-order valence-electron chi connectivity index (χ1n) is 6.32. The van der Waals surface area contributed by atoms with Crippen LogP contribution < -0.4 is 19.9 Å². The van der Waals surface area contributed by atoms with Crippen LogP contribution >= 0.6 is 0 Å². The number of methoxy groups -OCH3 is 3. The summed E-state index contributed by atoms with van der Waals surface area (Å²) in [5, 5.41) is 0. The van der Waals surface area contributed by atoms with Crippen molar-refractivity contribution in [1.29, 1.82) is 0 Å². The van der Waals surface area contributed by atoms with Crippen molar-refractivity contribution in [2.75, 3.05) is 21.3 Å². The van der Waals surface area contributed by atoms with Gasteiger partial charge in [0.25, 0.3) is 0 Å². The molecule has 0 aromatic heterocycles. The zero-order valence-corrected chi connectivity index (χ0v) is 12.0. The third-order valence-electron chi connectivity index (χ3n) is 3.19. The number of rotatable bonds is 5. The highest BCUT2D eigenvalue weighted by atomic mass is 16.5. The fourth-order valence-corrected chi connectivity index (χ4v) is 2.08. The second-order valence-electron chi connectivity index (χ2n) is 4.32. The lowest BCUT2D eigenvalue weighted by molar-refractivity contribution is 0.324. The molecule has 0 aliphatic rings. The number of benzene rings is 2. The average molecular weight is 273 g/mol. The summed E-state index contributed by atoms with van der Waals surface area (Å²) in [5.41, 5.74) is 8.78. The van der Waals surface area contributed by atoms with Crippen LogP contribution in [0.1, 0.15) is 5.56 Å². The summed E-state index contributed by atoms with van der Waals surface area (Å²) in [5.74, 6) is 1.88. The molecule has 2 aromatic rings. The van der Waals surface area contributed by atoms with Crippen molar-refractivity contribution in [3.8, 4) is 28.4 Å². The van der Waals surface area contributed by atoms with E-state index in [2.05, 4.69) is 0 Å². The highest BCUT2D eigenvalue weighted by molar-refractivity contribution is 5.71. The summed E-state index contributed by atoms with van der Waals surface area (Å²) in [6.45, 7) is 0.537. The molecule has 106 valence electrons. The molecule has 0 fully saturated rings. The Morgan fingerprint density at radius 3 is 1.75 bits per heavy atom. The fraction of sp³-hybridized carbons (Fsp3) is 0.250. The molecule has 0 radical (unpaired) electrons. The molecule has 4 nitrogen and oxygen atoms in total. The van der Waals surface area contributed by atoms with Gasteiger partial charge in [0.2, 0.25) is 5.75 Å². The molecule has 4 heteroatoms. The molecule has 0 aliphatic heterocycles. The van der Waals surface area contributed by atoms with Gasteiger partial charge in [-0.25, -0.2) is 0 Å². The van der Waals surface area contributed by atoms with E-state index in [9.17, 15) is 0 Å². The Kier molecular flexibility index (Phi) is 4.48. The maximum absolute atomic E-state index is 5.61. The second kappa shape index (κ2) is 6.30. The number of nitrogens with two attached hydrogens (primary N) is 1. The van der Waals surface area contributed by atoms with Crippen molar-refractivity contribution in [1.82, 2.24) is 0 Å². The first-order chi connectivity index (χ1) is 9.73. The van der Waals surface area contributed by atoms with Crippen LogP contribution in [-0.2, 0) is 6.54 Å². The SMILES string of the molecule is COc1cc(-c2ccc(CN)cc2)cc(OC)c1OC. The standard InChI is InChI=1S/C16H19NO3/c1-18-14-8-13(9-15(19-2)16(14)20-3)12-6-4-11(10-17)5-7-12/h4-9H,10,17H2,1-3H3. The van der Waals surface area contributed by atoms with Crippen LogP contribution in [0.4, 0.5) is 0 Å². The molecule has 0 saturated carbocycles. The van der Waals surface area contributed by atoms with E-state index in [1.807, 2.05) is 36.4 Å². The monoisotopic (exact) mass is 273 g/mol. The van der Waals surface area contributed by atoms with Crippen LogP contribution in [0.15, 0.2) is 36.4 Å². The first kappa shape index (κ1) is 14.2. The maximum Gasteiger partial charge on any atom is 0.203 e. The van der Waals surface area contributed by atoms with Gasteiger partial charge in [0.1, 0.15) is 0 Å². The van der Waals surface area contributed by atoms with Crippen molar-refractivity contribution < 1.29 is 14.2 Å². The minimum atomic E-state index is 0.537. The zero-order valence-electron chi connectivity index (χ0n) is 12.0. The number of ether oxygens (including phenoxy) is 3. The molecule has 0 spiro atoms. The van der Waals surface area contributed by atoms with Crippen LogP contribution in [0.25, 0.3) is 11.1 Å². The van der Waals surface area contributed by atoms with Gasteiger partial charge in [-0.3, -0.25) is 0 Å². The van der Waals surface area contributed by atoms with E-state index in [-0.39, 0.29) is 0 Å². The number of hydrogen-bond acceptors (Lipinski definition) is 4. The molecule has 0 atom stereocenters. The Labute approximate surface area is 119 Å². The van der Waals surface area contributed by atoms with Crippen LogP contribution in [0.5, 0.6) is 17.2 Å². The Morgan fingerprint density at radius 1 is 0.800 bits per heavy atom. The molecule has 2 aromatic carbocycles. The lowest BCUT2D eigenvalue weighted by atomic mass is 10.0. The summed E-state index contributed by atoms with van der Waals surface area (Å²) in [6, 6.07) is 11.9. The molecule has 2 N–H and O–H groups in total. The first-order valence-corrected chi connectivity index (χ1v) is 6.32. The van der Waals surface area contributed by atoms with E-state index in [0.717, 1.165) is 16.7 Å². The highest BCUT2D eigenvalue weighted by Gasteiger charge is 2.13. The normalized spacial score (nSPS) is 10.2. The molecule has 0 heterocycles. The highest BCUT2D eigenvalue weighted by Crippen LogP contribution is 2.41. The molecule has 0 saturated heterocycles. The van der Waals surface area contributed by atoms with Gasteiger partial charge in [-0.2, -0.15) is 0 Å². The Hall–Kier alpha value is -2.20. The van der Waals surface area contributed by atoms with Gasteiger partial charge in [0.05, 0.1) is 21.3 Å². The summed E-state index contributed by atoms with van der Waals surface area (Å²) < 4.78 is 16.0. The molecular formula is C16H19NO3. The van der Waals surface area contributed by atoms with Crippen molar-refractivity contribution >= 4 is 0 Å². The fourth-order valence-electron chi connectivity index (χ4n) is 2.08. The third-order valence-corrected chi connectivity index (χ3v) is 3.19. The van der Waals surface area contributed by atoms with Crippen molar-refractivity contribution in [2.45, 2.75) is 6.54 Å². The van der Waals surface area contributed by atoms with Gasteiger partial charge in [-0.15, -0.1) is 0 Å². The van der Waals surface area contributed by atoms with Gasteiger partial charge in [-0.05, 0) is 28.8 Å². The summed E-state index contributed by atoms with van der Waals surface area (Å²) >= 11 is 0. The lowest BCUT2D eigenvalue weighted by Crippen LogP contribution is -1.97. The van der Waals surface area contributed by atoms with E-state index < -0.39 is 0 Å². The van der Waals surface area contributed by atoms with Crippen LogP contribution in [-0.4, -0.2) is 21.3 Å². The topological polar surface area (TPSA) is 53.7 Å². The third kappa shape index (κ3) is 2.70. The quantitative estimate of drug-likeness (QED) is 0.910. The van der Waals surface area contributed by atoms with Gasteiger partial charge in [-0.1, -0.05) is 24.3 Å². The molecule has 0 bridgehead atoms. The minimum absolute atomic E-state index is 0.537. The van der Waals surface area contributed by atoms with Gasteiger partial charge in [0, 0.05) is 6.54 Å². The predicted molar refractivity (Wildman–Crippen MR) is 79.4 cm³/mol. The Bertz CT molecular complexity index is 554. The van der Waals surface area contributed by atoms with E-state index in [1.165, 1.54) is 0 Å². The van der Waals surface area contributed by atoms with Crippen LogP contribution in [0.2, 0.25) is 0 Å². The van der Waals surface area contributed by atoms with Crippen molar-refractivity contribution in [3.05, 3.63) is 42.0 Å². The smallest absolute Gasteiger partial charge is 0.203 e. The van der Waals surface area contributed by atoms with E-state index in [1.54, 1.807) is 21.3 Å². The lowest BCUT2D eigenvalue weighted by Gasteiger charge is -2.14. The van der Waals surface area contributed by atoms with Gasteiger partial charge < -0.3 is 19.9 Å². The zero-order chi connectivity index (χ0) is 14.5. The molecule has 0 unspecified atom stereocenters. The Morgan fingerprint density at radius 2 is 1.35 bits per heavy atom. The van der Waals surface area contributed by atoms with E-state index in [4.69, 9.17) is 19.9 Å². The minimum Gasteiger partial charge on any atom is -0.493 e. The van der Waals surface area contributed by atoms with E-state index in [0.29, 0.717) is 23.8 Å². The summed E-state index contributed by atoms with van der Waals surface area (Å²) in [7, 11) is 4.81. The maximum atomic E-state index is 5.61. The molecule has 2 rings (SSSR count). The van der Waals surface area contributed by atoms with Gasteiger partial charge >= 0.3 is 0 Å². The largest absolute Gasteiger partial charge is 0.493 e. The predicted octanol–water partition coefficient (Wildman–Crippen LogP) is 2.84. The van der Waals surface area contributed by atoms with Crippen molar-refractivity contribution in [2.24, 2.45) is 5.73 Å². The average Bonchev–Trinajstić information content (AvgIpc) is 2.53. The Balaban J connectivity index is 2.50. The number of hydrogen-bond donors (Lipinski definition) is 1. The van der Waals surface area contributed by atoms with Crippen molar-refractivity contribution in [3.63, 3.8) is 0 Å². The molecule has 20 heavy (non-hydrogen) atoms. The second-order valence-corrected chi connectivity index (χ2v) is 4.32. The van der Waals surface area contributed by atoms with Crippen LogP contribution in [0.3, 0.4) is 0 Å². The summed E-state index contributed by atoms with van der Waals surface area (Å²) in [6.07, 6.45) is 0. The van der Waals surface area contributed by atoms with Crippen LogP contribution in [0, 0.1) is 0 Å². The molecular weight excluding hydrogens is 254 g/mol. The van der Waals surface area contributed by atoms with E-state index >= 15 is 0 Å². The summed E-state index contributed by atoms with van der Waals surface area (Å²) in [4.78, 5) is 0. The molecule has 0 aliphatic carbocycles. The molecule has 0 amide bonds. The van der Waals surface area contributed by atoms with Gasteiger partial charge in [0.15, 0.2) is 11.5 Å².